The van der Waals surface area contributed by atoms with Crippen LogP contribution in [0.3, 0.4) is 0 Å². The summed E-state index contributed by atoms with van der Waals surface area (Å²) in [4.78, 5) is 26.1. The van der Waals surface area contributed by atoms with Crippen molar-refractivity contribution < 1.29 is 36.3 Å². The topological polar surface area (TPSA) is 80.3 Å². The van der Waals surface area contributed by atoms with Crippen LogP contribution in [0.2, 0.25) is 0 Å². The van der Waals surface area contributed by atoms with Crippen LogP contribution in [0, 0.1) is 0 Å². The number of rotatable bonds is 36. The second kappa shape index (κ2) is 37.6. The zero-order valence-corrected chi connectivity index (χ0v) is 45.9. The van der Waals surface area contributed by atoms with E-state index in [0.29, 0.717) is 21.2 Å². The van der Waals surface area contributed by atoms with Crippen LogP contribution < -0.4 is 31.0 Å². The Kier molecular flexibility index (Phi) is 34.2. The normalized spacial score (nSPS) is 11.6. The van der Waals surface area contributed by atoms with Crippen LogP contribution in [0.5, 0.6) is 0 Å². The molecule has 0 aliphatic carbocycles. The van der Waals surface area contributed by atoms with Crippen molar-refractivity contribution in [3.63, 3.8) is 0 Å². The Labute approximate surface area is 422 Å². The molecular formula is C60H92CrO4P2. The molecule has 0 fully saturated rings. The van der Waals surface area contributed by atoms with Gasteiger partial charge in [-0.15, -0.1) is 0 Å². The quantitative estimate of drug-likeness (QED) is 0.0336. The summed E-state index contributed by atoms with van der Waals surface area (Å²) in [5, 5.41) is 1.69. The van der Waals surface area contributed by atoms with E-state index >= 15 is 0 Å². The third kappa shape index (κ3) is 25.5. The number of hydrogen-bond acceptors (Lipinski definition) is 4. The molecule has 0 atom stereocenters. The van der Waals surface area contributed by atoms with Crippen molar-refractivity contribution in [1.29, 1.82) is 0 Å². The van der Waals surface area contributed by atoms with Crippen molar-refractivity contribution in [1.82, 2.24) is 0 Å². The van der Waals surface area contributed by atoms with Crippen molar-refractivity contribution in [3.8, 4) is 0 Å². The molecule has 7 heteroatoms. The van der Waals surface area contributed by atoms with Gasteiger partial charge in [0.15, 0.2) is 0 Å². The molecule has 0 bridgehead atoms. The number of unbranched alkanes of at least 4 members (excludes halogenated alkanes) is 24. The van der Waals surface area contributed by atoms with Gasteiger partial charge in [0.25, 0.3) is 0 Å². The standard InChI is InChI=1S/2C30H47O2P.Cr/c2*1-3-5-7-9-11-13-15-17-27-19-23-29(24-20-27)33(31,32)30-25-21-28(22-26-30)18-16-14-12-10-8-6-4-2;/h2*19-26H,3-18H2,1-2H3,(H,31,32);/q;;+2/p-2. The number of aryl methyl sites for hydroxylation is 4. The SMILES string of the molecule is CCCCCCCCCc1ccc(P(=O)([O-])c2ccc(CCCCCCCCC)cc2)cc1.CCCCCCCCCc1ccc(P(=O)([O-])c2ccc(CCCCCCCCC)cc2)cc1.[Cr+2]. The van der Waals surface area contributed by atoms with E-state index in [4.69, 9.17) is 0 Å². The minimum absolute atomic E-state index is 0. The average molecular weight is 991 g/mol. The average Bonchev–Trinajstić information content (AvgIpc) is 3.33. The Morgan fingerprint density at radius 1 is 0.269 bits per heavy atom. The van der Waals surface area contributed by atoms with E-state index in [0.717, 1.165) is 25.7 Å². The Morgan fingerprint density at radius 2 is 0.418 bits per heavy atom. The molecule has 0 spiro atoms. The molecule has 0 aliphatic heterocycles. The van der Waals surface area contributed by atoms with Crippen molar-refractivity contribution in [2.45, 2.75) is 233 Å². The maximum atomic E-state index is 13.1. The van der Waals surface area contributed by atoms with Crippen LogP contribution in [0.1, 0.15) is 230 Å². The smallest absolute Gasteiger partial charge is 0.793 e. The maximum Gasteiger partial charge on any atom is 2.00 e. The van der Waals surface area contributed by atoms with Gasteiger partial charge in [0, 0.05) is 21.2 Å². The van der Waals surface area contributed by atoms with Gasteiger partial charge in [0.05, 0.1) is 14.7 Å². The molecule has 0 aliphatic rings. The van der Waals surface area contributed by atoms with Crippen molar-refractivity contribution in [2.75, 3.05) is 0 Å². The monoisotopic (exact) mass is 991 g/mol. The third-order valence-corrected chi connectivity index (χ3v) is 17.3. The molecule has 0 saturated heterocycles. The van der Waals surface area contributed by atoms with Crippen LogP contribution in [-0.4, -0.2) is 0 Å². The van der Waals surface area contributed by atoms with Gasteiger partial charge in [-0.05, 0) is 73.6 Å². The Morgan fingerprint density at radius 3 is 0.582 bits per heavy atom. The summed E-state index contributed by atoms with van der Waals surface area (Å²) in [6, 6.07) is 30.2. The molecular weight excluding hydrogens is 899 g/mol. The Balaban J connectivity index is 0.000000453. The zero-order chi connectivity index (χ0) is 47.6. The fraction of sp³-hybridized carbons (Fsp3) is 0.600. The first-order valence-electron chi connectivity index (χ1n) is 27.2. The minimum Gasteiger partial charge on any atom is -0.793 e. The zero-order valence-electron chi connectivity index (χ0n) is 42.8. The van der Waals surface area contributed by atoms with Gasteiger partial charge in [-0.2, -0.15) is 0 Å². The van der Waals surface area contributed by atoms with Crippen molar-refractivity contribution in [3.05, 3.63) is 119 Å². The maximum absolute atomic E-state index is 13.1. The largest absolute Gasteiger partial charge is 2.00 e. The minimum atomic E-state index is -3.78. The first-order valence-corrected chi connectivity index (χ1v) is 30.4. The van der Waals surface area contributed by atoms with Crippen molar-refractivity contribution >= 4 is 36.0 Å². The molecule has 0 heterocycles. The first kappa shape index (κ1) is 60.9. The molecule has 4 aromatic carbocycles. The van der Waals surface area contributed by atoms with E-state index in [9.17, 15) is 18.9 Å². The predicted molar refractivity (Wildman–Crippen MR) is 286 cm³/mol. The van der Waals surface area contributed by atoms with Gasteiger partial charge in [0.2, 0.25) is 0 Å². The van der Waals surface area contributed by atoms with Crippen LogP contribution in [0.25, 0.3) is 0 Å². The molecule has 0 amide bonds. The second-order valence-corrected chi connectivity index (χ2v) is 23.5. The Bertz CT molecular complexity index is 1610. The van der Waals surface area contributed by atoms with E-state index in [1.54, 1.807) is 48.5 Å². The van der Waals surface area contributed by atoms with E-state index < -0.39 is 14.7 Å². The summed E-state index contributed by atoms with van der Waals surface area (Å²) in [6.07, 6.45) is 40.4. The molecule has 0 N–H and O–H groups in total. The van der Waals surface area contributed by atoms with E-state index in [2.05, 4.69) is 27.7 Å². The van der Waals surface area contributed by atoms with Crippen molar-refractivity contribution in [2.24, 2.45) is 0 Å². The predicted octanol–water partition coefficient (Wildman–Crippen LogP) is 15.7. The fourth-order valence-electron chi connectivity index (χ4n) is 8.88. The van der Waals surface area contributed by atoms with E-state index in [1.165, 1.54) is 202 Å². The summed E-state index contributed by atoms with van der Waals surface area (Å²) < 4.78 is 26.1. The molecule has 0 aromatic heterocycles. The first-order chi connectivity index (χ1) is 32.1. The fourth-order valence-corrected chi connectivity index (χ4v) is 11.6. The molecule has 67 heavy (non-hydrogen) atoms. The molecule has 372 valence electrons. The number of benzene rings is 4. The van der Waals surface area contributed by atoms with Crippen LogP contribution in [-0.2, 0) is 52.2 Å². The van der Waals surface area contributed by atoms with Gasteiger partial charge >= 0.3 is 17.4 Å². The molecule has 4 nitrogen and oxygen atoms in total. The summed E-state index contributed by atoms with van der Waals surface area (Å²) in [5.41, 5.74) is 4.93. The second-order valence-electron chi connectivity index (χ2n) is 19.3. The van der Waals surface area contributed by atoms with Crippen LogP contribution >= 0.6 is 14.7 Å². The molecule has 4 rings (SSSR count). The van der Waals surface area contributed by atoms with E-state index in [1.807, 2.05) is 48.5 Å². The van der Waals surface area contributed by atoms with Gasteiger partial charge in [-0.25, -0.2) is 0 Å². The van der Waals surface area contributed by atoms with Gasteiger partial charge < -0.3 is 18.9 Å². The number of hydrogen-bond donors (Lipinski definition) is 0. The van der Waals surface area contributed by atoms with Gasteiger partial charge in [-0.1, -0.05) is 279 Å². The van der Waals surface area contributed by atoms with Crippen LogP contribution in [0.15, 0.2) is 97.1 Å². The summed E-state index contributed by atoms with van der Waals surface area (Å²) in [5.74, 6) is 0. The summed E-state index contributed by atoms with van der Waals surface area (Å²) >= 11 is 0. The Hall–Kier alpha value is -2.21. The summed E-state index contributed by atoms with van der Waals surface area (Å²) in [6.45, 7) is 8.99. The van der Waals surface area contributed by atoms with Gasteiger partial charge in [-0.3, -0.25) is 0 Å². The molecule has 4 aromatic rings. The molecule has 0 saturated carbocycles. The van der Waals surface area contributed by atoms with Crippen LogP contribution in [0.4, 0.5) is 0 Å². The molecule has 0 radical (unpaired) electrons. The van der Waals surface area contributed by atoms with Gasteiger partial charge in [0.1, 0.15) is 0 Å². The third-order valence-electron chi connectivity index (χ3n) is 13.4. The summed E-state index contributed by atoms with van der Waals surface area (Å²) in [7, 11) is -7.56. The van der Waals surface area contributed by atoms with E-state index in [-0.39, 0.29) is 17.4 Å². The molecule has 0 unspecified atom stereocenters.